The number of carbonyl (C=O) groups is 1. The van der Waals surface area contributed by atoms with Gasteiger partial charge in [0.2, 0.25) is 0 Å². The minimum atomic E-state index is -1.02. The molecule has 0 atom stereocenters. The van der Waals surface area contributed by atoms with Gasteiger partial charge in [-0.3, -0.25) is 0 Å². The Morgan fingerprint density at radius 2 is 2.12 bits per heavy atom. The first-order chi connectivity index (χ1) is 7.72. The van der Waals surface area contributed by atoms with E-state index in [9.17, 15) is 9.59 Å². The number of hydrogen-bond acceptors (Lipinski definition) is 4. The van der Waals surface area contributed by atoms with Crippen LogP contribution >= 0.6 is 0 Å². The summed E-state index contributed by atoms with van der Waals surface area (Å²) in [6.45, 7) is 1.72. The molecule has 1 fully saturated rings. The molecule has 0 aromatic rings. The number of carbonyl (C=O) groups excluding carboxylic acids is 1. The zero-order valence-corrected chi connectivity index (χ0v) is 8.69. The summed E-state index contributed by atoms with van der Waals surface area (Å²) in [5.74, 6) is 0.632. The summed E-state index contributed by atoms with van der Waals surface area (Å²) in [5, 5.41) is 11.8. The summed E-state index contributed by atoms with van der Waals surface area (Å²) in [6, 6.07) is 0. The van der Waals surface area contributed by atoms with E-state index < -0.39 is 5.97 Å². The minimum Gasteiger partial charge on any atom is -0.478 e. The molecule has 5 heteroatoms. The van der Waals surface area contributed by atoms with Gasteiger partial charge >= 0.3 is 5.97 Å². The molecule has 0 aromatic heterocycles. The second-order valence-electron chi connectivity index (χ2n) is 3.75. The molecule has 2 rings (SSSR count). The lowest BCUT2D eigenvalue weighted by Gasteiger charge is -2.24. The van der Waals surface area contributed by atoms with Gasteiger partial charge in [0.05, 0.1) is 11.3 Å². The maximum absolute atomic E-state index is 11.1. The molecule has 0 amide bonds. The topological polar surface area (TPSA) is 69.6 Å². The third kappa shape index (κ3) is 1.85. The molecule has 0 radical (unpaired) electrons. The SMILES string of the molecule is O=C=C1C=C(C(=O)O)C(N2CCCC2)=CN1. The number of carboxylic acids is 1. The van der Waals surface area contributed by atoms with Crippen LogP contribution in [0.4, 0.5) is 0 Å². The van der Waals surface area contributed by atoms with Gasteiger partial charge in [-0.2, -0.15) is 0 Å². The molecule has 2 N–H and O–H groups in total. The molecule has 0 unspecified atom stereocenters. The van der Waals surface area contributed by atoms with Crippen LogP contribution in [0.2, 0.25) is 0 Å². The number of rotatable bonds is 2. The highest BCUT2D eigenvalue weighted by Gasteiger charge is 2.24. The van der Waals surface area contributed by atoms with Crippen LogP contribution in [0.3, 0.4) is 0 Å². The largest absolute Gasteiger partial charge is 0.478 e. The lowest BCUT2D eigenvalue weighted by atomic mass is 10.1. The van der Waals surface area contributed by atoms with Crippen molar-refractivity contribution in [2.45, 2.75) is 12.8 Å². The van der Waals surface area contributed by atoms with Crippen LogP contribution < -0.4 is 5.32 Å². The average molecular weight is 220 g/mol. The van der Waals surface area contributed by atoms with Crippen molar-refractivity contribution in [2.24, 2.45) is 0 Å². The maximum Gasteiger partial charge on any atom is 0.337 e. The van der Waals surface area contributed by atoms with Crippen LogP contribution in [-0.2, 0) is 9.59 Å². The smallest absolute Gasteiger partial charge is 0.337 e. The van der Waals surface area contributed by atoms with E-state index in [1.807, 2.05) is 4.90 Å². The highest BCUT2D eigenvalue weighted by Crippen LogP contribution is 2.23. The Balaban J connectivity index is 2.31. The van der Waals surface area contributed by atoms with Crippen LogP contribution in [0.25, 0.3) is 0 Å². The molecule has 0 spiro atoms. The average Bonchev–Trinajstić information content (AvgIpc) is 2.81. The molecule has 1 saturated heterocycles. The van der Waals surface area contributed by atoms with Gasteiger partial charge < -0.3 is 15.3 Å². The van der Waals surface area contributed by atoms with Crippen molar-refractivity contribution in [1.29, 1.82) is 0 Å². The Morgan fingerprint density at radius 1 is 1.44 bits per heavy atom. The van der Waals surface area contributed by atoms with Crippen molar-refractivity contribution in [3.05, 3.63) is 29.2 Å². The predicted molar refractivity (Wildman–Crippen MR) is 57.0 cm³/mol. The van der Waals surface area contributed by atoms with E-state index >= 15 is 0 Å². The van der Waals surface area contributed by atoms with Crippen molar-refractivity contribution in [1.82, 2.24) is 10.2 Å². The fourth-order valence-corrected chi connectivity index (χ4v) is 1.93. The Hall–Kier alpha value is -2.00. The standard InChI is InChI=1S/C11H12N2O3/c14-7-8-5-9(11(15)16)10(6-12-8)13-3-1-2-4-13/h5-6,12H,1-4H2,(H,15,16). The van der Waals surface area contributed by atoms with Crippen molar-refractivity contribution in [2.75, 3.05) is 13.1 Å². The van der Waals surface area contributed by atoms with E-state index in [4.69, 9.17) is 5.11 Å². The number of carboxylic acid groups (broad SMARTS) is 1. The molecule has 0 aromatic carbocycles. The van der Waals surface area contributed by atoms with Crippen molar-refractivity contribution >= 4 is 11.9 Å². The van der Waals surface area contributed by atoms with E-state index in [1.54, 1.807) is 12.1 Å². The molecule has 2 aliphatic heterocycles. The molecule has 2 aliphatic rings. The Bertz CT molecular complexity index is 425. The molecular weight excluding hydrogens is 208 g/mol. The second kappa shape index (κ2) is 4.24. The van der Waals surface area contributed by atoms with Gasteiger partial charge in [-0.25, -0.2) is 9.59 Å². The van der Waals surface area contributed by atoms with E-state index in [0.717, 1.165) is 25.9 Å². The monoisotopic (exact) mass is 220 g/mol. The highest BCUT2D eigenvalue weighted by atomic mass is 16.4. The van der Waals surface area contributed by atoms with E-state index in [2.05, 4.69) is 5.32 Å². The normalized spacial score (nSPS) is 19.8. The molecule has 0 saturated carbocycles. The van der Waals surface area contributed by atoms with Gasteiger partial charge in [-0.15, -0.1) is 0 Å². The summed E-state index contributed by atoms with van der Waals surface area (Å²) in [6.07, 6.45) is 5.03. The van der Waals surface area contributed by atoms with Gasteiger partial charge in [0.1, 0.15) is 5.70 Å². The molecule has 2 heterocycles. The fourth-order valence-electron chi connectivity index (χ4n) is 1.93. The first kappa shape index (κ1) is 10.5. The van der Waals surface area contributed by atoms with Crippen LogP contribution in [0.5, 0.6) is 0 Å². The number of nitrogens with one attached hydrogen (secondary N) is 1. The number of allylic oxidation sites excluding steroid dienone is 1. The minimum absolute atomic E-state index is 0.152. The molecule has 0 aliphatic carbocycles. The van der Waals surface area contributed by atoms with E-state index in [1.165, 1.54) is 6.08 Å². The summed E-state index contributed by atoms with van der Waals surface area (Å²) < 4.78 is 0. The molecule has 0 bridgehead atoms. The first-order valence-corrected chi connectivity index (χ1v) is 5.14. The van der Waals surface area contributed by atoms with Crippen LogP contribution in [0.15, 0.2) is 29.2 Å². The third-order valence-corrected chi connectivity index (χ3v) is 2.72. The number of nitrogens with zero attached hydrogens (tertiary/aromatic N) is 1. The first-order valence-electron chi connectivity index (χ1n) is 5.14. The van der Waals surface area contributed by atoms with Crippen molar-refractivity contribution in [3.63, 3.8) is 0 Å². The van der Waals surface area contributed by atoms with Gasteiger partial charge in [0.25, 0.3) is 0 Å². The lowest BCUT2D eigenvalue weighted by molar-refractivity contribution is -0.132. The van der Waals surface area contributed by atoms with E-state index in [-0.39, 0.29) is 11.3 Å². The zero-order chi connectivity index (χ0) is 11.5. The molecular formula is C11H12N2O3. The van der Waals surface area contributed by atoms with Crippen LogP contribution in [-0.4, -0.2) is 35.0 Å². The summed E-state index contributed by atoms with van der Waals surface area (Å²) in [7, 11) is 0. The Labute approximate surface area is 92.7 Å². The Kier molecular flexibility index (Phi) is 2.79. The lowest BCUT2D eigenvalue weighted by Crippen LogP contribution is -2.27. The molecule has 16 heavy (non-hydrogen) atoms. The number of likely N-dealkylation sites (tertiary alicyclic amines) is 1. The maximum atomic E-state index is 11.1. The molecule has 5 nitrogen and oxygen atoms in total. The summed E-state index contributed by atoms with van der Waals surface area (Å²) in [5.41, 5.74) is 0.948. The van der Waals surface area contributed by atoms with Crippen LogP contribution in [0, 0.1) is 0 Å². The summed E-state index contributed by atoms with van der Waals surface area (Å²) >= 11 is 0. The van der Waals surface area contributed by atoms with E-state index in [0.29, 0.717) is 5.70 Å². The predicted octanol–water partition coefficient (Wildman–Crippen LogP) is 0.253. The number of aliphatic carboxylic acids is 1. The van der Waals surface area contributed by atoms with Gasteiger partial charge in [0, 0.05) is 19.3 Å². The van der Waals surface area contributed by atoms with Gasteiger partial charge in [0.15, 0.2) is 5.94 Å². The van der Waals surface area contributed by atoms with Gasteiger partial charge in [-0.05, 0) is 18.9 Å². The fraction of sp³-hybridized carbons (Fsp3) is 0.364. The number of dihydropyridines is 1. The van der Waals surface area contributed by atoms with Crippen molar-refractivity contribution in [3.8, 4) is 0 Å². The zero-order valence-electron chi connectivity index (χ0n) is 8.69. The third-order valence-electron chi connectivity index (χ3n) is 2.72. The quantitative estimate of drug-likeness (QED) is 0.653. The number of hydrogen-bond donors (Lipinski definition) is 2. The van der Waals surface area contributed by atoms with Gasteiger partial charge in [-0.1, -0.05) is 0 Å². The second-order valence-corrected chi connectivity index (χ2v) is 3.75. The Morgan fingerprint density at radius 3 is 2.69 bits per heavy atom. The molecule has 84 valence electrons. The van der Waals surface area contributed by atoms with Crippen molar-refractivity contribution < 1.29 is 14.7 Å². The van der Waals surface area contributed by atoms with Crippen LogP contribution in [0.1, 0.15) is 12.8 Å². The summed E-state index contributed by atoms with van der Waals surface area (Å²) in [4.78, 5) is 23.5. The highest BCUT2D eigenvalue weighted by molar-refractivity contribution is 5.93.